The predicted octanol–water partition coefficient (Wildman–Crippen LogP) is 5.15. The van der Waals surface area contributed by atoms with Gasteiger partial charge in [0.05, 0.1) is 10.6 Å². The lowest BCUT2D eigenvalue weighted by atomic mass is 10.2. The number of rotatable bonds is 5. The fourth-order valence-electron chi connectivity index (χ4n) is 3.06. The van der Waals surface area contributed by atoms with Crippen molar-refractivity contribution in [3.63, 3.8) is 0 Å². The van der Waals surface area contributed by atoms with E-state index in [0.717, 1.165) is 26.1 Å². The van der Waals surface area contributed by atoms with Crippen LogP contribution < -0.4 is 5.56 Å². The van der Waals surface area contributed by atoms with Gasteiger partial charge < -0.3 is 4.98 Å². The lowest BCUT2D eigenvalue weighted by Gasteiger charge is -2.11. The molecule has 0 fully saturated rings. The van der Waals surface area contributed by atoms with Gasteiger partial charge in [-0.25, -0.2) is 4.98 Å². The smallest absolute Gasteiger partial charge is 0.260 e. The maximum absolute atomic E-state index is 12.8. The quantitative estimate of drug-likeness (QED) is 0.385. The number of aromatic amines is 1. The minimum atomic E-state index is -0.105. The van der Waals surface area contributed by atoms with Gasteiger partial charge in [0.15, 0.2) is 5.16 Å². The van der Waals surface area contributed by atoms with Crippen LogP contribution in [0, 0.1) is 0 Å². The van der Waals surface area contributed by atoms with Crippen molar-refractivity contribution in [1.82, 2.24) is 24.7 Å². The van der Waals surface area contributed by atoms with Crippen molar-refractivity contribution in [3.8, 4) is 16.1 Å². The summed E-state index contributed by atoms with van der Waals surface area (Å²) in [6, 6.07) is 13.9. The fraction of sp³-hybridized carbons (Fsp3) is 0.100. The third-order valence-electron chi connectivity index (χ3n) is 4.47. The molecular formula is C20H15N5OS3. The summed E-state index contributed by atoms with van der Waals surface area (Å²) in [4.78, 5) is 22.4. The van der Waals surface area contributed by atoms with Crippen LogP contribution in [0.4, 0.5) is 0 Å². The van der Waals surface area contributed by atoms with Crippen molar-refractivity contribution < 1.29 is 0 Å². The van der Waals surface area contributed by atoms with Gasteiger partial charge in [-0.2, -0.15) is 0 Å². The van der Waals surface area contributed by atoms with Gasteiger partial charge in [0, 0.05) is 21.5 Å². The normalized spacial score (nSPS) is 12.4. The Balaban J connectivity index is 1.48. The number of thioether (sulfide) groups is 1. The van der Waals surface area contributed by atoms with Gasteiger partial charge in [0.25, 0.3) is 5.56 Å². The van der Waals surface area contributed by atoms with Crippen LogP contribution in [0.15, 0.2) is 69.5 Å². The minimum Gasteiger partial charge on any atom is -0.309 e. The number of hydrogen-bond acceptors (Lipinski definition) is 7. The van der Waals surface area contributed by atoms with Crippen LogP contribution in [-0.2, 0) is 0 Å². The van der Waals surface area contributed by atoms with E-state index in [0.29, 0.717) is 11.2 Å². The van der Waals surface area contributed by atoms with E-state index in [1.165, 1.54) is 23.1 Å². The highest BCUT2D eigenvalue weighted by Crippen LogP contribution is 2.36. The monoisotopic (exact) mass is 437 g/mol. The van der Waals surface area contributed by atoms with Gasteiger partial charge in [-0.05, 0) is 30.5 Å². The highest BCUT2D eigenvalue weighted by molar-refractivity contribution is 7.99. The SMILES string of the molecule is CC(Sc1nncn1-c1ccccc1)c1nc2scc(-c3cccs3)c2c(=O)[nH]1. The summed E-state index contributed by atoms with van der Waals surface area (Å²) in [6.45, 7) is 2.01. The van der Waals surface area contributed by atoms with Crippen molar-refractivity contribution in [2.75, 3.05) is 0 Å². The maximum Gasteiger partial charge on any atom is 0.260 e. The van der Waals surface area contributed by atoms with Crippen LogP contribution in [0.5, 0.6) is 0 Å². The number of thiophene rings is 2. The van der Waals surface area contributed by atoms with Crippen molar-refractivity contribution >= 4 is 44.7 Å². The topological polar surface area (TPSA) is 76.5 Å². The van der Waals surface area contributed by atoms with E-state index in [4.69, 9.17) is 4.98 Å². The number of aromatic nitrogens is 5. The molecule has 0 aliphatic rings. The average molecular weight is 438 g/mol. The molecule has 6 nitrogen and oxygen atoms in total. The first kappa shape index (κ1) is 18.3. The van der Waals surface area contributed by atoms with Gasteiger partial charge >= 0.3 is 0 Å². The van der Waals surface area contributed by atoms with Gasteiger partial charge in [-0.15, -0.1) is 32.9 Å². The average Bonchev–Trinajstić information content (AvgIpc) is 3.48. The lowest BCUT2D eigenvalue weighted by Crippen LogP contribution is -2.12. The Morgan fingerprint density at radius 2 is 2.00 bits per heavy atom. The summed E-state index contributed by atoms with van der Waals surface area (Å²) in [6.07, 6.45) is 1.69. The van der Waals surface area contributed by atoms with Crippen molar-refractivity contribution in [2.45, 2.75) is 17.3 Å². The molecule has 144 valence electrons. The van der Waals surface area contributed by atoms with E-state index in [1.54, 1.807) is 17.7 Å². The molecule has 0 aliphatic carbocycles. The molecule has 9 heteroatoms. The highest BCUT2D eigenvalue weighted by atomic mass is 32.2. The first-order valence-corrected chi connectivity index (χ1v) is 11.5. The summed E-state index contributed by atoms with van der Waals surface area (Å²) in [7, 11) is 0. The number of hydrogen-bond donors (Lipinski definition) is 1. The van der Waals surface area contributed by atoms with Crippen molar-refractivity contribution in [1.29, 1.82) is 0 Å². The minimum absolute atomic E-state index is 0.0916. The third-order valence-corrected chi connectivity index (χ3v) is 7.31. The molecule has 0 aliphatic heterocycles. The number of fused-ring (bicyclic) bond motifs is 1. The Hall–Kier alpha value is -2.75. The van der Waals surface area contributed by atoms with Crippen LogP contribution in [0.3, 0.4) is 0 Å². The Bertz CT molecular complexity index is 1320. The Labute approximate surface area is 178 Å². The number of H-pyrrole nitrogens is 1. The summed E-state index contributed by atoms with van der Waals surface area (Å²) in [5, 5.41) is 13.6. The third kappa shape index (κ3) is 3.41. The van der Waals surface area contributed by atoms with E-state index in [2.05, 4.69) is 15.2 Å². The van der Waals surface area contributed by atoms with E-state index in [9.17, 15) is 4.79 Å². The zero-order valence-electron chi connectivity index (χ0n) is 15.3. The van der Waals surface area contributed by atoms with Crippen LogP contribution in [-0.4, -0.2) is 24.7 Å². The van der Waals surface area contributed by atoms with Crippen molar-refractivity contribution in [3.05, 3.63) is 75.7 Å². The fourth-order valence-corrected chi connectivity index (χ4v) is 5.72. The van der Waals surface area contributed by atoms with Gasteiger partial charge in [-0.3, -0.25) is 9.36 Å². The summed E-state index contributed by atoms with van der Waals surface area (Å²) in [5.74, 6) is 0.634. The summed E-state index contributed by atoms with van der Waals surface area (Å²) in [5.41, 5.74) is 1.83. The number of nitrogens with zero attached hydrogens (tertiary/aromatic N) is 4. The number of nitrogens with one attached hydrogen (secondary N) is 1. The largest absolute Gasteiger partial charge is 0.309 e. The van der Waals surface area contributed by atoms with Crippen LogP contribution >= 0.6 is 34.4 Å². The van der Waals surface area contributed by atoms with E-state index in [-0.39, 0.29) is 10.8 Å². The second-order valence-electron chi connectivity index (χ2n) is 6.34. The first-order chi connectivity index (χ1) is 14.2. The molecule has 1 atom stereocenters. The maximum atomic E-state index is 12.8. The molecule has 0 saturated carbocycles. The molecule has 1 aromatic carbocycles. The molecule has 0 radical (unpaired) electrons. The molecule has 1 N–H and O–H groups in total. The highest BCUT2D eigenvalue weighted by Gasteiger charge is 2.19. The first-order valence-electron chi connectivity index (χ1n) is 8.88. The molecule has 29 heavy (non-hydrogen) atoms. The molecule has 5 aromatic rings. The standard InChI is InChI=1S/C20H15N5OS3/c1-12(29-20-24-21-11-25(20)13-6-3-2-4-7-13)17-22-18(26)16-14(10-28-19(16)23-17)15-8-5-9-27-15/h2-12H,1H3,(H,22,23,26). The molecule has 1 unspecified atom stereocenters. The van der Waals surface area contributed by atoms with E-state index in [1.807, 2.05) is 64.7 Å². The Morgan fingerprint density at radius 1 is 1.14 bits per heavy atom. The Kier molecular flexibility index (Phi) is 4.78. The molecular weight excluding hydrogens is 422 g/mol. The Morgan fingerprint density at radius 3 is 2.79 bits per heavy atom. The zero-order chi connectivity index (χ0) is 19.8. The predicted molar refractivity (Wildman–Crippen MR) is 119 cm³/mol. The summed E-state index contributed by atoms with van der Waals surface area (Å²) >= 11 is 4.63. The van der Waals surface area contributed by atoms with Crippen molar-refractivity contribution in [2.24, 2.45) is 0 Å². The number of benzene rings is 1. The second-order valence-corrected chi connectivity index (χ2v) is 9.45. The summed E-state index contributed by atoms with van der Waals surface area (Å²) < 4.78 is 1.93. The molecule has 0 saturated heterocycles. The van der Waals surface area contributed by atoms with E-state index >= 15 is 0 Å². The molecule has 0 spiro atoms. The zero-order valence-corrected chi connectivity index (χ0v) is 17.7. The van der Waals surface area contributed by atoms with E-state index < -0.39 is 0 Å². The van der Waals surface area contributed by atoms with Gasteiger partial charge in [-0.1, -0.05) is 36.0 Å². The number of para-hydroxylation sites is 1. The lowest BCUT2D eigenvalue weighted by molar-refractivity contribution is 0.861. The molecule has 0 amide bonds. The molecule has 4 heterocycles. The van der Waals surface area contributed by atoms with Crippen LogP contribution in [0.1, 0.15) is 18.0 Å². The molecule has 0 bridgehead atoms. The molecule has 5 rings (SSSR count). The molecule has 4 aromatic heterocycles. The van der Waals surface area contributed by atoms with Crippen LogP contribution in [0.2, 0.25) is 0 Å². The van der Waals surface area contributed by atoms with Crippen LogP contribution in [0.25, 0.3) is 26.3 Å². The second kappa shape index (κ2) is 7.58. The van der Waals surface area contributed by atoms with Gasteiger partial charge in [0.1, 0.15) is 17.0 Å². The van der Waals surface area contributed by atoms with Gasteiger partial charge in [0.2, 0.25) is 0 Å².